The molecule has 0 aromatic heterocycles. The summed E-state index contributed by atoms with van der Waals surface area (Å²) in [4.78, 5) is 27.4. The maximum absolute atomic E-state index is 12.8. The number of allylic oxidation sites excluding steroid dienone is 2. The van der Waals surface area contributed by atoms with Crippen LogP contribution in [0.3, 0.4) is 0 Å². The number of carboxylic acid groups (broad SMARTS) is 2. The molecule has 7 heteroatoms. The first-order chi connectivity index (χ1) is 15.8. The molecule has 1 fully saturated rings. The zero-order valence-corrected chi connectivity index (χ0v) is 19.6. The molecular weight excluding hydrogens is 420 g/mol. The minimum absolute atomic E-state index is 0.0715. The second-order valence-electron chi connectivity index (χ2n) is 8.98. The lowest BCUT2D eigenvalue weighted by atomic mass is 9.60. The van der Waals surface area contributed by atoms with Crippen molar-refractivity contribution in [3.05, 3.63) is 57.9 Å². The van der Waals surface area contributed by atoms with E-state index in [-0.39, 0.29) is 17.1 Å². The molecule has 0 unspecified atom stereocenters. The molecule has 1 aromatic carbocycles. The van der Waals surface area contributed by atoms with Gasteiger partial charge >= 0.3 is 11.9 Å². The first-order valence-corrected chi connectivity index (χ1v) is 11.4. The van der Waals surface area contributed by atoms with Gasteiger partial charge in [0.1, 0.15) is 0 Å². The van der Waals surface area contributed by atoms with E-state index in [1.54, 1.807) is 50.1 Å². The number of ether oxygens (including phenoxy) is 1. The maximum atomic E-state index is 12.8. The molecule has 0 saturated heterocycles. The summed E-state index contributed by atoms with van der Waals surface area (Å²) in [5.74, 6) is -2.09. The third-order valence-corrected chi connectivity index (χ3v) is 7.14. The standard InChI is InChI=1S/C26H32N2O5/c1-17-22(24(29)30)26(15-19-8-5-4-6-9-19,21-11-7-10-20(14-21)16-27)23(25(31)32)18(2)28(17)12-13-33-3/h7,10-11,14,19H,4-6,8-9,12-13,15H2,1-3H3,(H,29,30)(H,31,32). The predicted octanol–water partition coefficient (Wildman–Crippen LogP) is 4.45. The highest BCUT2D eigenvalue weighted by Crippen LogP contribution is 2.52. The van der Waals surface area contributed by atoms with Crippen molar-refractivity contribution in [3.63, 3.8) is 0 Å². The average Bonchev–Trinajstić information content (AvgIpc) is 2.79. The topological polar surface area (TPSA) is 111 Å². The molecular formula is C26H32N2O5. The van der Waals surface area contributed by atoms with Gasteiger partial charge in [-0.05, 0) is 43.9 Å². The Hall–Kier alpha value is -3.11. The van der Waals surface area contributed by atoms with E-state index >= 15 is 0 Å². The molecule has 0 radical (unpaired) electrons. The van der Waals surface area contributed by atoms with E-state index in [4.69, 9.17) is 4.74 Å². The Labute approximate surface area is 195 Å². The molecule has 0 spiro atoms. The van der Waals surface area contributed by atoms with Crippen molar-refractivity contribution in [3.8, 4) is 6.07 Å². The van der Waals surface area contributed by atoms with Crippen molar-refractivity contribution in [1.29, 1.82) is 5.26 Å². The van der Waals surface area contributed by atoms with Gasteiger partial charge in [0.2, 0.25) is 0 Å². The number of nitrogens with zero attached hydrogens (tertiary/aromatic N) is 2. The number of benzene rings is 1. The fourth-order valence-electron chi connectivity index (χ4n) is 5.75. The van der Waals surface area contributed by atoms with Gasteiger partial charge in [-0.1, -0.05) is 44.2 Å². The lowest BCUT2D eigenvalue weighted by molar-refractivity contribution is -0.135. The van der Waals surface area contributed by atoms with Crippen LogP contribution in [0.2, 0.25) is 0 Å². The van der Waals surface area contributed by atoms with Crippen LogP contribution in [0.4, 0.5) is 0 Å². The number of carboxylic acids is 2. The van der Waals surface area contributed by atoms with Crippen LogP contribution in [0, 0.1) is 17.2 Å². The molecule has 1 heterocycles. The van der Waals surface area contributed by atoms with E-state index in [2.05, 4.69) is 6.07 Å². The predicted molar refractivity (Wildman–Crippen MR) is 123 cm³/mol. The zero-order valence-electron chi connectivity index (χ0n) is 19.6. The summed E-state index contributed by atoms with van der Waals surface area (Å²) in [5.41, 5.74) is 0.740. The number of rotatable bonds is 8. The highest BCUT2D eigenvalue weighted by Gasteiger charge is 2.52. The first-order valence-electron chi connectivity index (χ1n) is 11.4. The highest BCUT2D eigenvalue weighted by molar-refractivity contribution is 6.00. The van der Waals surface area contributed by atoms with Gasteiger partial charge in [0.15, 0.2) is 0 Å². The van der Waals surface area contributed by atoms with Gasteiger partial charge in [0.05, 0.1) is 34.8 Å². The Kier molecular flexibility index (Phi) is 7.60. The van der Waals surface area contributed by atoms with E-state index in [9.17, 15) is 25.1 Å². The van der Waals surface area contributed by atoms with E-state index in [1.807, 2.05) is 0 Å². The van der Waals surface area contributed by atoms with Gasteiger partial charge < -0.3 is 19.8 Å². The molecule has 2 N–H and O–H groups in total. The Morgan fingerprint density at radius 1 is 1.12 bits per heavy atom. The van der Waals surface area contributed by atoms with Gasteiger partial charge in [-0.2, -0.15) is 5.26 Å². The smallest absolute Gasteiger partial charge is 0.334 e. The van der Waals surface area contributed by atoms with E-state index < -0.39 is 17.4 Å². The molecule has 1 aliphatic carbocycles. The molecule has 1 aromatic rings. The number of hydrogen-bond donors (Lipinski definition) is 2. The lowest BCUT2D eigenvalue weighted by Gasteiger charge is -2.46. The van der Waals surface area contributed by atoms with Crippen molar-refractivity contribution in [2.24, 2.45) is 5.92 Å². The third kappa shape index (κ3) is 4.53. The maximum Gasteiger partial charge on any atom is 0.334 e. The van der Waals surface area contributed by atoms with E-state index in [1.165, 1.54) is 0 Å². The molecule has 1 saturated carbocycles. The van der Waals surface area contributed by atoms with Crippen LogP contribution in [0.5, 0.6) is 0 Å². The number of hydrogen-bond acceptors (Lipinski definition) is 5. The number of nitriles is 1. The molecule has 176 valence electrons. The molecule has 2 aliphatic rings. The van der Waals surface area contributed by atoms with Gasteiger partial charge in [0.25, 0.3) is 0 Å². The van der Waals surface area contributed by atoms with E-state index in [0.29, 0.717) is 42.1 Å². The van der Waals surface area contributed by atoms with E-state index in [0.717, 1.165) is 32.1 Å². The van der Waals surface area contributed by atoms with Crippen LogP contribution in [0.1, 0.15) is 63.5 Å². The second-order valence-corrected chi connectivity index (χ2v) is 8.98. The number of aliphatic carboxylic acids is 2. The quantitative estimate of drug-likeness (QED) is 0.599. The summed E-state index contributed by atoms with van der Waals surface area (Å²) in [7, 11) is 1.55. The fraction of sp³-hybridized carbons (Fsp3) is 0.500. The fourth-order valence-corrected chi connectivity index (χ4v) is 5.75. The molecule has 0 amide bonds. The lowest BCUT2D eigenvalue weighted by Crippen LogP contribution is -2.47. The van der Waals surface area contributed by atoms with Crippen LogP contribution in [0.25, 0.3) is 0 Å². The van der Waals surface area contributed by atoms with Crippen LogP contribution in [-0.4, -0.2) is 47.3 Å². The zero-order chi connectivity index (χ0) is 24.2. The number of methoxy groups -OCH3 is 1. The van der Waals surface area contributed by atoms with Crippen LogP contribution in [0.15, 0.2) is 46.8 Å². The normalized spacial score (nSPS) is 18.9. The molecule has 0 bridgehead atoms. The van der Waals surface area contributed by atoms with Crippen LogP contribution in [-0.2, 0) is 19.7 Å². The van der Waals surface area contributed by atoms with Crippen molar-refractivity contribution >= 4 is 11.9 Å². The monoisotopic (exact) mass is 452 g/mol. The molecule has 3 rings (SSSR count). The largest absolute Gasteiger partial charge is 0.478 e. The van der Waals surface area contributed by atoms with Crippen LogP contribution >= 0.6 is 0 Å². The van der Waals surface area contributed by atoms with Crippen molar-refractivity contribution in [2.45, 2.75) is 57.8 Å². The summed E-state index contributed by atoms with van der Waals surface area (Å²) in [6.07, 6.45) is 5.50. The minimum atomic E-state index is -1.36. The van der Waals surface area contributed by atoms with Gasteiger partial charge in [-0.3, -0.25) is 0 Å². The summed E-state index contributed by atoms with van der Waals surface area (Å²) in [6.45, 7) is 4.16. The Morgan fingerprint density at radius 3 is 2.24 bits per heavy atom. The third-order valence-electron chi connectivity index (χ3n) is 7.14. The summed E-state index contributed by atoms with van der Waals surface area (Å²) >= 11 is 0. The van der Waals surface area contributed by atoms with Crippen molar-refractivity contribution in [1.82, 2.24) is 4.90 Å². The molecule has 33 heavy (non-hydrogen) atoms. The molecule has 7 nitrogen and oxygen atoms in total. The van der Waals surface area contributed by atoms with Crippen molar-refractivity contribution in [2.75, 3.05) is 20.3 Å². The van der Waals surface area contributed by atoms with Gasteiger partial charge in [0, 0.05) is 25.0 Å². The Morgan fingerprint density at radius 2 is 1.73 bits per heavy atom. The summed E-state index contributed by atoms with van der Waals surface area (Å²) in [5, 5.41) is 30.5. The number of carbonyl (C=O) groups is 2. The SMILES string of the molecule is COCCN1C(C)=C(C(=O)O)C(CC2CCCCC2)(c2cccc(C#N)c2)C(C(=O)O)=C1C. The first kappa shape index (κ1) is 24.5. The Balaban J connectivity index is 2.37. The van der Waals surface area contributed by atoms with Crippen LogP contribution < -0.4 is 0 Å². The highest BCUT2D eigenvalue weighted by atomic mass is 16.5. The van der Waals surface area contributed by atoms with Gasteiger partial charge in [-0.25, -0.2) is 9.59 Å². The van der Waals surface area contributed by atoms with Gasteiger partial charge in [-0.15, -0.1) is 0 Å². The minimum Gasteiger partial charge on any atom is -0.478 e. The molecule has 0 atom stereocenters. The second kappa shape index (κ2) is 10.2. The summed E-state index contributed by atoms with van der Waals surface area (Å²) < 4.78 is 5.20. The Bertz CT molecular complexity index is 989. The molecule has 1 aliphatic heterocycles. The summed E-state index contributed by atoms with van der Waals surface area (Å²) in [6, 6.07) is 8.90. The van der Waals surface area contributed by atoms with Crippen molar-refractivity contribution < 1.29 is 24.5 Å². The average molecular weight is 453 g/mol.